The molecule has 9 heteroatoms. The van der Waals surface area contributed by atoms with Crippen molar-refractivity contribution in [3.05, 3.63) is 59.7 Å². The van der Waals surface area contributed by atoms with E-state index >= 15 is 0 Å². The first-order valence-electron chi connectivity index (χ1n) is 11.3. The minimum absolute atomic E-state index is 0.0921. The number of likely N-dealkylation sites (tertiary alicyclic amines) is 1. The van der Waals surface area contributed by atoms with Crippen molar-refractivity contribution in [3.63, 3.8) is 0 Å². The number of methoxy groups -OCH3 is 2. The lowest BCUT2D eigenvalue weighted by molar-refractivity contribution is -0.119. The van der Waals surface area contributed by atoms with Crippen molar-refractivity contribution >= 4 is 28.5 Å². The molecule has 1 aliphatic heterocycles. The van der Waals surface area contributed by atoms with Crippen molar-refractivity contribution in [3.8, 4) is 0 Å². The highest BCUT2D eigenvalue weighted by Gasteiger charge is 2.27. The van der Waals surface area contributed by atoms with Crippen LogP contribution in [-0.2, 0) is 20.8 Å². The number of ether oxygens (including phenoxy) is 2. The number of rotatable bonds is 8. The molecule has 2 aromatic carbocycles. The second kappa shape index (κ2) is 10.8. The van der Waals surface area contributed by atoms with Crippen LogP contribution in [0.3, 0.4) is 0 Å². The van der Waals surface area contributed by atoms with Crippen LogP contribution in [0.1, 0.15) is 28.8 Å². The van der Waals surface area contributed by atoms with Crippen molar-refractivity contribution < 1.29 is 23.5 Å². The number of halogens is 1. The Hall–Kier alpha value is -3.30. The van der Waals surface area contributed by atoms with Gasteiger partial charge in [0.1, 0.15) is 12.4 Å². The number of aromatic nitrogens is 2. The van der Waals surface area contributed by atoms with Crippen LogP contribution in [0.25, 0.3) is 11.0 Å². The van der Waals surface area contributed by atoms with E-state index in [2.05, 4.69) is 10.3 Å². The van der Waals surface area contributed by atoms with Gasteiger partial charge in [-0.15, -0.1) is 0 Å². The molecular weight excluding hydrogens is 439 g/mol. The number of piperidine rings is 1. The molecule has 1 N–H and O–H groups in total. The minimum Gasteiger partial charge on any atom is -0.384 e. The molecule has 2 heterocycles. The number of carbonyl (C=O) groups excluding carboxylic acids is 2. The van der Waals surface area contributed by atoms with Gasteiger partial charge in [-0.3, -0.25) is 9.59 Å². The molecule has 2 amide bonds. The number of benzene rings is 2. The Morgan fingerprint density at radius 1 is 1.18 bits per heavy atom. The summed E-state index contributed by atoms with van der Waals surface area (Å²) in [5.41, 5.74) is 3.09. The highest BCUT2D eigenvalue weighted by Crippen LogP contribution is 2.28. The topological polar surface area (TPSA) is 85.7 Å². The molecule has 0 radical (unpaired) electrons. The fourth-order valence-corrected chi connectivity index (χ4v) is 4.47. The van der Waals surface area contributed by atoms with Crippen molar-refractivity contribution in [1.82, 2.24) is 14.5 Å². The van der Waals surface area contributed by atoms with Gasteiger partial charge in [0.05, 0.1) is 29.5 Å². The summed E-state index contributed by atoms with van der Waals surface area (Å²) in [5, 5.41) is 2.78. The Morgan fingerprint density at radius 2 is 1.97 bits per heavy atom. The fourth-order valence-electron chi connectivity index (χ4n) is 4.47. The first-order valence-corrected chi connectivity index (χ1v) is 11.3. The monoisotopic (exact) mass is 468 g/mol. The second-order valence-corrected chi connectivity index (χ2v) is 8.59. The molecule has 1 aliphatic rings. The van der Waals surface area contributed by atoms with Gasteiger partial charge in [-0.25, -0.2) is 9.37 Å². The molecule has 3 aromatic rings. The van der Waals surface area contributed by atoms with E-state index in [1.54, 1.807) is 37.7 Å². The van der Waals surface area contributed by atoms with Gasteiger partial charge in [-0.05, 0) is 48.6 Å². The summed E-state index contributed by atoms with van der Waals surface area (Å²) in [4.78, 5) is 32.2. The molecule has 8 nitrogen and oxygen atoms in total. The van der Waals surface area contributed by atoms with Crippen molar-refractivity contribution in [2.24, 2.45) is 5.92 Å². The summed E-state index contributed by atoms with van der Waals surface area (Å²) < 4.78 is 25.5. The molecule has 1 aromatic heterocycles. The number of carbonyl (C=O) groups is 2. The van der Waals surface area contributed by atoms with Crippen molar-refractivity contribution in [2.75, 3.05) is 45.8 Å². The Balaban J connectivity index is 1.72. The first-order chi connectivity index (χ1) is 16.5. The number of imidazole rings is 1. The van der Waals surface area contributed by atoms with Crippen LogP contribution in [0.2, 0.25) is 0 Å². The molecule has 180 valence electrons. The lowest BCUT2D eigenvalue weighted by Crippen LogP contribution is -2.41. The summed E-state index contributed by atoms with van der Waals surface area (Å²) >= 11 is 0. The Morgan fingerprint density at radius 3 is 2.71 bits per heavy atom. The van der Waals surface area contributed by atoms with Crippen LogP contribution in [0, 0.1) is 11.7 Å². The molecule has 0 aliphatic carbocycles. The predicted molar refractivity (Wildman–Crippen MR) is 126 cm³/mol. The summed E-state index contributed by atoms with van der Waals surface area (Å²) in [6.45, 7) is 2.21. The molecule has 0 unspecified atom stereocenters. The number of nitrogens with one attached hydrogen (secondary N) is 1. The molecule has 34 heavy (non-hydrogen) atoms. The Labute approximate surface area is 197 Å². The van der Waals surface area contributed by atoms with E-state index in [4.69, 9.17) is 9.47 Å². The summed E-state index contributed by atoms with van der Waals surface area (Å²) in [5.74, 6) is -0.451. The van der Waals surface area contributed by atoms with E-state index in [-0.39, 0.29) is 30.2 Å². The van der Waals surface area contributed by atoms with Crippen LogP contribution in [0.4, 0.5) is 10.1 Å². The number of hydrogen-bond acceptors (Lipinski definition) is 5. The summed E-state index contributed by atoms with van der Waals surface area (Å²) in [6.07, 6.45) is 3.58. The zero-order valence-electron chi connectivity index (χ0n) is 19.4. The zero-order chi connectivity index (χ0) is 24.1. The van der Waals surface area contributed by atoms with Gasteiger partial charge < -0.3 is 24.3 Å². The second-order valence-electron chi connectivity index (χ2n) is 8.59. The number of anilines is 1. The van der Waals surface area contributed by atoms with Gasteiger partial charge in [0.15, 0.2) is 0 Å². The largest absolute Gasteiger partial charge is 0.384 e. The maximum atomic E-state index is 13.7. The van der Waals surface area contributed by atoms with E-state index in [1.165, 1.54) is 19.2 Å². The number of fused-ring (bicyclic) bond motifs is 1. The maximum absolute atomic E-state index is 13.7. The molecule has 4 rings (SSSR count). The van der Waals surface area contributed by atoms with Gasteiger partial charge in [0.25, 0.3) is 5.91 Å². The number of hydrogen-bond donors (Lipinski definition) is 1. The van der Waals surface area contributed by atoms with Crippen LogP contribution >= 0.6 is 0 Å². The highest BCUT2D eigenvalue weighted by atomic mass is 19.1. The van der Waals surface area contributed by atoms with Crippen molar-refractivity contribution in [2.45, 2.75) is 19.4 Å². The maximum Gasteiger partial charge on any atom is 0.256 e. The van der Waals surface area contributed by atoms with E-state index in [1.807, 2.05) is 9.47 Å². The van der Waals surface area contributed by atoms with Gasteiger partial charge in [0.2, 0.25) is 5.91 Å². The van der Waals surface area contributed by atoms with Crippen molar-refractivity contribution in [1.29, 1.82) is 0 Å². The van der Waals surface area contributed by atoms with E-state index in [9.17, 15) is 14.0 Å². The third-order valence-corrected chi connectivity index (χ3v) is 5.98. The van der Waals surface area contributed by atoms with E-state index in [0.29, 0.717) is 48.5 Å². The molecule has 1 atom stereocenters. The molecule has 0 spiro atoms. The lowest BCUT2D eigenvalue weighted by Gasteiger charge is -2.32. The lowest BCUT2D eigenvalue weighted by atomic mass is 9.98. The Kier molecular flexibility index (Phi) is 7.54. The molecule has 0 saturated carbocycles. The minimum atomic E-state index is -0.316. The summed E-state index contributed by atoms with van der Waals surface area (Å²) in [6, 6.07) is 9.68. The van der Waals surface area contributed by atoms with Gasteiger partial charge in [0, 0.05) is 39.5 Å². The van der Waals surface area contributed by atoms with Gasteiger partial charge in [-0.1, -0.05) is 12.1 Å². The van der Waals surface area contributed by atoms with Crippen LogP contribution in [-0.4, -0.2) is 66.8 Å². The molecule has 1 fully saturated rings. The van der Waals surface area contributed by atoms with E-state index in [0.717, 1.165) is 18.4 Å². The standard InChI is InChI=1S/C25H29FN4O4/c1-33-14-18-4-3-9-29(13-18)25(32)21-10-20(28-23(31)15-34-2)11-22-24(21)30(16-27-22)12-17-5-7-19(26)8-6-17/h5-8,10-11,16,18H,3-4,9,12-15H2,1-2H3,(H,28,31)/t18-/m1/s1. The smallest absolute Gasteiger partial charge is 0.256 e. The fraction of sp³-hybridized carbons (Fsp3) is 0.400. The molecule has 1 saturated heterocycles. The predicted octanol–water partition coefficient (Wildman–Crippen LogP) is 3.31. The summed E-state index contributed by atoms with van der Waals surface area (Å²) in [7, 11) is 3.12. The normalized spacial score (nSPS) is 16.1. The van der Waals surface area contributed by atoms with E-state index < -0.39 is 0 Å². The van der Waals surface area contributed by atoms with Crippen LogP contribution in [0.5, 0.6) is 0 Å². The van der Waals surface area contributed by atoms with Crippen LogP contribution in [0.15, 0.2) is 42.7 Å². The molecular formula is C25H29FN4O4. The third-order valence-electron chi connectivity index (χ3n) is 5.98. The molecule has 0 bridgehead atoms. The van der Waals surface area contributed by atoms with Gasteiger partial charge in [-0.2, -0.15) is 0 Å². The quantitative estimate of drug-likeness (QED) is 0.548. The zero-order valence-corrected chi connectivity index (χ0v) is 19.4. The van der Waals surface area contributed by atoms with Crippen LogP contribution < -0.4 is 5.32 Å². The number of amides is 2. The number of nitrogens with zero attached hydrogens (tertiary/aromatic N) is 3. The highest BCUT2D eigenvalue weighted by molar-refractivity contribution is 6.07. The Bertz CT molecular complexity index is 1160. The average Bonchev–Trinajstić information content (AvgIpc) is 3.22. The SMILES string of the molecule is COCC(=O)Nc1cc(C(=O)N2CCC[C@@H](COC)C2)c2c(c1)ncn2Cc1ccc(F)cc1. The van der Waals surface area contributed by atoms with Gasteiger partial charge >= 0.3 is 0 Å². The first kappa shape index (κ1) is 23.8. The third kappa shape index (κ3) is 5.43. The average molecular weight is 469 g/mol.